The van der Waals surface area contributed by atoms with Crippen LogP contribution in [0.15, 0.2) is 18.2 Å². The summed E-state index contributed by atoms with van der Waals surface area (Å²) < 4.78 is 0. The molecule has 1 aromatic rings. The van der Waals surface area contributed by atoms with Crippen LogP contribution in [0.3, 0.4) is 0 Å². The number of unbranched alkanes of at least 4 members (excludes halogenated alkanes) is 1. The molecular formula is C13H13ClN2O3. The second-order valence-corrected chi connectivity index (χ2v) is 4.10. The molecule has 0 aliphatic carbocycles. The van der Waals surface area contributed by atoms with Gasteiger partial charge in [0.15, 0.2) is 0 Å². The highest BCUT2D eigenvalue weighted by Gasteiger charge is 2.09. The van der Waals surface area contributed by atoms with Gasteiger partial charge in [0.2, 0.25) is 0 Å². The molecule has 1 aromatic carbocycles. The Hall–Kier alpha value is -2.19. The molecule has 0 unspecified atom stereocenters. The predicted octanol–water partition coefficient (Wildman–Crippen LogP) is 2.57. The molecule has 0 saturated carbocycles. The Morgan fingerprint density at radius 3 is 2.79 bits per heavy atom. The average Bonchev–Trinajstić information content (AvgIpc) is 2.37. The van der Waals surface area contributed by atoms with Crippen LogP contribution in [0.25, 0.3) is 0 Å². The predicted molar refractivity (Wildman–Crippen MR) is 73.5 cm³/mol. The first kappa shape index (κ1) is 14.9. The molecule has 100 valence electrons. The SMILES string of the molecule is C#CCCCNC(=O)Nc1cc(C(=O)O)ccc1Cl. The number of carboxylic acid groups (broad SMARTS) is 1. The lowest BCUT2D eigenvalue weighted by molar-refractivity contribution is 0.0697. The van der Waals surface area contributed by atoms with Gasteiger partial charge in [0, 0.05) is 13.0 Å². The van der Waals surface area contributed by atoms with Gasteiger partial charge < -0.3 is 15.7 Å². The largest absolute Gasteiger partial charge is 0.478 e. The number of nitrogens with one attached hydrogen (secondary N) is 2. The first-order valence-corrected chi connectivity index (χ1v) is 5.93. The van der Waals surface area contributed by atoms with E-state index in [0.717, 1.165) is 0 Å². The molecule has 0 spiro atoms. The summed E-state index contributed by atoms with van der Waals surface area (Å²) in [7, 11) is 0. The summed E-state index contributed by atoms with van der Waals surface area (Å²) in [5, 5.41) is 14.2. The van der Waals surface area contributed by atoms with Crippen molar-refractivity contribution in [3.8, 4) is 12.3 Å². The van der Waals surface area contributed by atoms with Crippen molar-refractivity contribution in [3.05, 3.63) is 28.8 Å². The Labute approximate surface area is 116 Å². The fourth-order valence-electron chi connectivity index (χ4n) is 1.31. The third kappa shape index (κ3) is 4.90. The molecule has 0 fully saturated rings. The maximum absolute atomic E-state index is 11.5. The fourth-order valence-corrected chi connectivity index (χ4v) is 1.48. The number of urea groups is 1. The van der Waals surface area contributed by atoms with Gasteiger partial charge in [-0.25, -0.2) is 9.59 Å². The molecule has 0 aliphatic rings. The molecule has 0 bridgehead atoms. The monoisotopic (exact) mass is 280 g/mol. The quantitative estimate of drug-likeness (QED) is 0.573. The number of halogens is 1. The van der Waals surface area contributed by atoms with Crippen molar-refractivity contribution in [2.24, 2.45) is 0 Å². The first-order valence-electron chi connectivity index (χ1n) is 5.55. The van der Waals surface area contributed by atoms with Crippen molar-refractivity contribution < 1.29 is 14.7 Å². The molecule has 0 atom stereocenters. The van der Waals surface area contributed by atoms with Crippen LogP contribution in [0.5, 0.6) is 0 Å². The maximum atomic E-state index is 11.5. The zero-order valence-electron chi connectivity index (χ0n) is 10.1. The molecule has 1 rings (SSSR count). The Morgan fingerprint density at radius 1 is 1.42 bits per heavy atom. The molecule has 5 nitrogen and oxygen atoms in total. The number of hydrogen-bond acceptors (Lipinski definition) is 2. The van der Waals surface area contributed by atoms with Crippen molar-refractivity contribution in [3.63, 3.8) is 0 Å². The molecular weight excluding hydrogens is 268 g/mol. The Bertz CT molecular complexity index is 523. The number of carbonyl (C=O) groups is 2. The van der Waals surface area contributed by atoms with Crippen LogP contribution in [-0.4, -0.2) is 23.7 Å². The van der Waals surface area contributed by atoms with Crippen molar-refractivity contribution >= 4 is 29.3 Å². The van der Waals surface area contributed by atoms with Crippen molar-refractivity contribution in [2.75, 3.05) is 11.9 Å². The maximum Gasteiger partial charge on any atom is 0.335 e. The van der Waals surface area contributed by atoms with E-state index in [0.29, 0.717) is 19.4 Å². The van der Waals surface area contributed by atoms with E-state index in [4.69, 9.17) is 23.1 Å². The standard InChI is InChI=1S/C13H13ClN2O3/c1-2-3-4-7-15-13(19)16-11-8-9(12(17)18)5-6-10(11)14/h1,5-6,8H,3-4,7H2,(H,17,18)(H2,15,16,19). The fraction of sp³-hybridized carbons (Fsp3) is 0.231. The van der Waals surface area contributed by atoms with Crippen LogP contribution in [0, 0.1) is 12.3 Å². The number of benzene rings is 1. The van der Waals surface area contributed by atoms with Gasteiger partial charge >= 0.3 is 12.0 Å². The summed E-state index contributed by atoms with van der Waals surface area (Å²) in [5.41, 5.74) is 0.294. The highest BCUT2D eigenvalue weighted by Crippen LogP contribution is 2.22. The van der Waals surface area contributed by atoms with Crippen molar-refractivity contribution in [1.29, 1.82) is 0 Å². The van der Waals surface area contributed by atoms with Gasteiger partial charge in [-0.05, 0) is 24.6 Å². The summed E-state index contributed by atoms with van der Waals surface area (Å²) in [5.74, 6) is 1.37. The lowest BCUT2D eigenvalue weighted by Crippen LogP contribution is -2.29. The molecule has 0 radical (unpaired) electrons. The smallest absolute Gasteiger partial charge is 0.335 e. The Balaban J connectivity index is 2.61. The normalized spacial score (nSPS) is 9.47. The summed E-state index contributed by atoms with van der Waals surface area (Å²) in [6.45, 7) is 0.437. The van der Waals surface area contributed by atoms with E-state index in [-0.39, 0.29) is 16.3 Å². The van der Waals surface area contributed by atoms with Crippen molar-refractivity contribution in [2.45, 2.75) is 12.8 Å². The van der Waals surface area contributed by atoms with Crippen molar-refractivity contribution in [1.82, 2.24) is 5.32 Å². The number of anilines is 1. The number of carbonyl (C=O) groups excluding carboxylic acids is 1. The zero-order valence-corrected chi connectivity index (χ0v) is 10.8. The van der Waals surface area contributed by atoms with Crippen LogP contribution >= 0.6 is 11.6 Å². The molecule has 0 heterocycles. The van der Waals surface area contributed by atoms with Crippen LogP contribution in [0.4, 0.5) is 10.5 Å². The minimum absolute atomic E-state index is 0.0482. The van der Waals surface area contributed by atoms with Gasteiger partial charge in [0.1, 0.15) is 0 Å². The van der Waals surface area contributed by atoms with Gasteiger partial charge in [-0.3, -0.25) is 0 Å². The lowest BCUT2D eigenvalue weighted by atomic mass is 10.2. The van der Waals surface area contributed by atoms with E-state index in [1.54, 1.807) is 0 Å². The zero-order chi connectivity index (χ0) is 14.3. The van der Waals surface area contributed by atoms with Crippen LogP contribution in [0.1, 0.15) is 23.2 Å². The van der Waals surface area contributed by atoms with E-state index < -0.39 is 12.0 Å². The summed E-state index contributed by atoms with van der Waals surface area (Å²) in [4.78, 5) is 22.3. The minimum atomic E-state index is -1.09. The average molecular weight is 281 g/mol. The topological polar surface area (TPSA) is 78.4 Å². The molecule has 2 amide bonds. The van der Waals surface area contributed by atoms with Gasteiger partial charge in [0.05, 0.1) is 16.3 Å². The van der Waals surface area contributed by atoms with E-state index in [9.17, 15) is 9.59 Å². The van der Waals surface area contributed by atoms with E-state index in [1.807, 2.05) is 0 Å². The van der Waals surface area contributed by atoms with E-state index >= 15 is 0 Å². The number of terminal acetylenes is 1. The minimum Gasteiger partial charge on any atom is -0.478 e. The Morgan fingerprint density at radius 2 is 2.16 bits per heavy atom. The summed E-state index contributed by atoms with van der Waals surface area (Å²) >= 11 is 5.87. The first-order chi connectivity index (χ1) is 9.04. The molecule has 19 heavy (non-hydrogen) atoms. The number of hydrogen-bond donors (Lipinski definition) is 3. The van der Waals surface area contributed by atoms with E-state index in [2.05, 4.69) is 16.6 Å². The highest BCUT2D eigenvalue weighted by molar-refractivity contribution is 6.33. The summed E-state index contributed by atoms with van der Waals surface area (Å²) in [6.07, 6.45) is 6.33. The van der Waals surface area contributed by atoms with Gasteiger partial charge in [-0.15, -0.1) is 12.3 Å². The molecule has 0 saturated heterocycles. The molecule has 0 aromatic heterocycles. The van der Waals surface area contributed by atoms with Crippen LogP contribution in [0.2, 0.25) is 5.02 Å². The number of carboxylic acids is 1. The van der Waals surface area contributed by atoms with Crippen LogP contribution in [-0.2, 0) is 0 Å². The molecule has 6 heteroatoms. The molecule has 0 aliphatic heterocycles. The number of amides is 2. The van der Waals surface area contributed by atoms with Gasteiger partial charge in [-0.2, -0.15) is 0 Å². The van der Waals surface area contributed by atoms with Gasteiger partial charge in [-0.1, -0.05) is 11.6 Å². The van der Waals surface area contributed by atoms with Crippen LogP contribution < -0.4 is 10.6 Å². The van der Waals surface area contributed by atoms with Gasteiger partial charge in [0.25, 0.3) is 0 Å². The second kappa shape index (κ2) is 7.29. The third-order valence-corrected chi connectivity index (χ3v) is 2.57. The second-order valence-electron chi connectivity index (χ2n) is 3.69. The number of rotatable bonds is 5. The Kier molecular flexibility index (Phi) is 5.71. The third-order valence-electron chi connectivity index (χ3n) is 2.24. The van der Waals surface area contributed by atoms with E-state index in [1.165, 1.54) is 18.2 Å². The number of aromatic carboxylic acids is 1. The summed E-state index contributed by atoms with van der Waals surface area (Å²) in [6, 6.07) is 3.62. The molecule has 3 N–H and O–H groups in total. The highest BCUT2D eigenvalue weighted by atomic mass is 35.5. The lowest BCUT2D eigenvalue weighted by Gasteiger charge is -2.09.